The van der Waals surface area contributed by atoms with Crippen molar-refractivity contribution in [3.63, 3.8) is 0 Å². The van der Waals surface area contributed by atoms with E-state index in [9.17, 15) is 4.79 Å². The van der Waals surface area contributed by atoms with E-state index in [2.05, 4.69) is 19.0 Å². The Bertz CT molecular complexity index is 470. The first kappa shape index (κ1) is 15.4. The number of aryl methyl sites for hydroxylation is 2. The molecule has 0 aliphatic carbocycles. The number of carbonyl (C=O) groups excluding carboxylic acids is 1. The quantitative estimate of drug-likeness (QED) is 0.858. The van der Waals surface area contributed by atoms with Crippen molar-refractivity contribution < 1.29 is 9.21 Å². The van der Waals surface area contributed by atoms with Crippen molar-refractivity contribution in [3.8, 4) is 0 Å². The summed E-state index contributed by atoms with van der Waals surface area (Å²) in [5, 5.41) is 0. The molecular formula is C15H24N2O2S. The maximum atomic E-state index is 12.8. The molecule has 1 saturated heterocycles. The zero-order valence-corrected chi connectivity index (χ0v) is 13.6. The average molecular weight is 296 g/mol. The number of rotatable bonds is 3. The first-order chi connectivity index (χ1) is 9.49. The standard InChI is InChI=1S/C15H24N2O2S/c1-11-8-14(12(2)19-11)15(18)17-6-5-7-20-10-13(17)9-16(3)4/h8,13H,5-7,9-10H2,1-4H3/t13-/m1/s1. The van der Waals surface area contributed by atoms with Crippen molar-refractivity contribution in [1.29, 1.82) is 0 Å². The van der Waals surface area contributed by atoms with Crippen LogP contribution in [0.3, 0.4) is 0 Å². The highest BCUT2D eigenvalue weighted by Gasteiger charge is 2.28. The number of likely N-dealkylation sites (N-methyl/N-ethyl adjacent to an activating group) is 1. The van der Waals surface area contributed by atoms with Crippen LogP contribution in [0.2, 0.25) is 0 Å². The molecule has 20 heavy (non-hydrogen) atoms. The summed E-state index contributed by atoms with van der Waals surface area (Å²) < 4.78 is 5.51. The summed E-state index contributed by atoms with van der Waals surface area (Å²) in [4.78, 5) is 17.0. The van der Waals surface area contributed by atoms with Crippen LogP contribution in [0.25, 0.3) is 0 Å². The van der Waals surface area contributed by atoms with Gasteiger partial charge in [0.1, 0.15) is 11.5 Å². The topological polar surface area (TPSA) is 36.7 Å². The highest BCUT2D eigenvalue weighted by molar-refractivity contribution is 7.99. The zero-order chi connectivity index (χ0) is 14.7. The third-order valence-corrected chi connectivity index (χ3v) is 4.74. The number of hydrogen-bond acceptors (Lipinski definition) is 4. The fraction of sp³-hybridized carbons (Fsp3) is 0.667. The normalized spacial score (nSPS) is 20.2. The van der Waals surface area contributed by atoms with Crippen molar-refractivity contribution in [2.45, 2.75) is 26.3 Å². The molecule has 0 aromatic carbocycles. The largest absolute Gasteiger partial charge is 0.466 e. The van der Waals surface area contributed by atoms with Crippen molar-refractivity contribution >= 4 is 17.7 Å². The van der Waals surface area contributed by atoms with E-state index in [0.29, 0.717) is 0 Å². The number of furan rings is 1. The Kier molecular flexibility index (Phi) is 5.16. The van der Waals surface area contributed by atoms with E-state index in [-0.39, 0.29) is 11.9 Å². The van der Waals surface area contributed by atoms with Crippen LogP contribution in [0, 0.1) is 13.8 Å². The summed E-state index contributed by atoms with van der Waals surface area (Å²) in [5.41, 5.74) is 0.721. The first-order valence-electron chi connectivity index (χ1n) is 7.09. The van der Waals surface area contributed by atoms with Crippen LogP contribution in [0.15, 0.2) is 10.5 Å². The smallest absolute Gasteiger partial charge is 0.257 e. The maximum Gasteiger partial charge on any atom is 0.257 e. The van der Waals surface area contributed by atoms with Crippen LogP contribution in [-0.4, -0.2) is 60.4 Å². The predicted molar refractivity (Wildman–Crippen MR) is 83.5 cm³/mol. The molecule has 1 aromatic heterocycles. The Hall–Kier alpha value is -0.940. The molecule has 1 aromatic rings. The zero-order valence-electron chi connectivity index (χ0n) is 12.8. The average Bonchev–Trinajstić information content (AvgIpc) is 2.58. The van der Waals surface area contributed by atoms with E-state index in [1.54, 1.807) is 0 Å². The summed E-state index contributed by atoms with van der Waals surface area (Å²) in [5.74, 6) is 3.80. The molecule has 0 spiro atoms. The second-order valence-corrected chi connectivity index (χ2v) is 6.82. The molecule has 1 aliphatic rings. The second kappa shape index (κ2) is 6.68. The van der Waals surface area contributed by atoms with E-state index in [4.69, 9.17) is 4.42 Å². The predicted octanol–water partition coefficient (Wildman–Crippen LogP) is 2.41. The van der Waals surface area contributed by atoms with Crippen molar-refractivity contribution in [2.75, 3.05) is 38.7 Å². The van der Waals surface area contributed by atoms with E-state index in [1.165, 1.54) is 0 Å². The molecule has 0 N–H and O–H groups in total. The molecule has 1 fully saturated rings. The van der Waals surface area contributed by atoms with Crippen LogP contribution >= 0.6 is 11.8 Å². The number of carbonyl (C=O) groups is 1. The number of thioether (sulfide) groups is 1. The lowest BCUT2D eigenvalue weighted by Gasteiger charge is -2.31. The number of amides is 1. The van der Waals surface area contributed by atoms with Crippen molar-refractivity contribution in [3.05, 3.63) is 23.2 Å². The molecule has 112 valence electrons. The molecule has 5 heteroatoms. The lowest BCUT2D eigenvalue weighted by molar-refractivity contribution is 0.0674. The number of nitrogens with zero attached hydrogens (tertiary/aromatic N) is 2. The lowest BCUT2D eigenvalue weighted by atomic mass is 10.1. The molecule has 0 unspecified atom stereocenters. The minimum Gasteiger partial charge on any atom is -0.466 e. The SMILES string of the molecule is Cc1cc(C(=O)N2CCCSC[C@H]2CN(C)C)c(C)o1. The van der Waals surface area contributed by atoms with Gasteiger partial charge in [-0.2, -0.15) is 11.8 Å². The molecule has 0 radical (unpaired) electrons. The molecule has 2 rings (SSSR count). The fourth-order valence-corrected chi connectivity index (χ4v) is 3.72. The van der Waals surface area contributed by atoms with Crippen LogP contribution in [0.4, 0.5) is 0 Å². The van der Waals surface area contributed by atoms with Crippen LogP contribution < -0.4 is 0 Å². The van der Waals surface area contributed by atoms with Crippen LogP contribution in [-0.2, 0) is 0 Å². The Morgan fingerprint density at radius 2 is 2.25 bits per heavy atom. The summed E-state index contributed by atoms with van der Waals surface area (Å²) in [6.07, 6.45) is 1.07. The fourth-order valence-electron chi connectivity index (χ4n) is 2.67. The highest BCUT2D eigenvalue weighted by Crippen LogP contribution is 2.22. The molecule has 4 nitrogen and oxygen atoms in total. The molecule has 1 aliphatic heterocycles. The van der Waals surface area contributed by atoms with Gasteiger partial charge >= 0.3 is 0 Å². The van der Waals surface area contributed by atoms with Crippen molar-refractivity contribution in [1.82, 2.24) is 9.80 Å². The van der Waals surface area contributed by atoms with E-state index >= 15 is 0 Å². The van der Waals surface area contributed by atoms with Gasteiger partial charge in [0.15, 0.2) is 0 Å². The molecule has 1 atom stereocenters. The Morgan fingerprint density at radius 3 is 2.85 bits per heavy atom. The number of hydrogen-bond donors (Lipinski definition) is 0. The maximum absolute atomic E-state index is 12.8. The van der Waals surface area contributed by atoms with Gasteiger partial charge in [0.25, 0.3) is 5.91 Å². The Labute approximate surface area is 125 Å². The Morgan fingerprint density at radius 1 is 1.50 bits per heavy atom. The third kappa shape index (κ3) is 3.58. The minimum absolute atomic E-state index is 0.119. The van der Waals surface area contributed by atoms with Gasteiger partial charge in [-0.25, -0.2) is 0 Å². The van der Waals surface area contributed by atoms with Gasteiger partial charge in [-0.05, 0) is 46.2 Å². The van der Waals surface area contributed by atoms with Gasteiger partial charge < -0.3 is 14.2 Å². The molecule has 0 saturated carbocycles. The molecular weight excluding hydrogens is 272 g/mol. The summed E-state index contributed by atoms with van der Waals surface area (Å²) in [7, 11) is 4.12. The van der Waals surface area contributed by atoms with E-state index < -0.39 is 0 Å². The highest BCUT2D eigenvalue weighted by atomic mass is 32.2. The second-order valence-electron chi connectivity index (χ2n) is 5.67. The monoisotopic (exact) mass is 296 g/mol. The summed E-state index contributed by atoms with van der Waals surface area (Å²) >= 11 is 1.95. The van der Waals surface area contributed by atoms with Gasteiger partial charge in [0, 0.05) is 18.8 Å². The van der Waals surface area contributed by atoms with Gasteiger partial charge in [-0.1, -0.05) is 0 Å². The lowest BCUT2D eigenvalue weighted by Crippen LogP contribution is -2.46. The van der Waals surface area contributed by atoms with Gasteiger partial charge in [-0.3, -0.25) is 4.79 Å². The third-order valence-electron chi connectivity index (χ3n) is 3.55. The summed E-state index contributed by atoms with van der Waals surface area (Å²) in [6, 6.07) is 2.14. The Balaban J connectivity index is 2.21. The van der Waals surface area contributed by atoms with Crippen LogP contribution in [0.5, 0.6) is 0 Å². The molecule has 1 amide bonds. The van der Waals surface area contributed by atoms with Gasteiger partial charge in [0.05, 0.1) is 11.6 Å². The first-order valence-corrected chi connectivity index (χ1v) is 8.25. The van der Waals surface area contributed by atoms with Crippen molar-refractivity contribution in [2.24, 2.45) is 0 Å². The van der Waals surface area contributed by atoms with Gasteiger partial charge in [-0.15, -0.1) is 0 Å². The van der Waals surface area contributed by atoms with E-state index in [1.807, 2.05) is 36.6 Å². The van der Waals surface area contributed by atoms with Gasteiger partial charge in [0.2, 0.25) is 0 Å². The molecule has 0 bridgehead atoms. The minimum atomic E-state index is 0.119. The van der Waals surface area contributed by atoms with E-state index in [0.717, 1.165) is 48.1 Å². The molecule has 2 heterocycles. The summed E-state index contributed by atoms with van der Waals surface area (Å²) in [6.45, 7) is 5.51. The van der Waals surface area contributed by atoms with Crippen LogP contribution in [0.1, 0.15) is 28.3 Å².